The summed E-state index contributed by atoms with van der Waals surface area (Å²) in [5.41, 5.74) is 2.36. The number of hydrogen-bond donors (Lipinski definition) is 2. The number of amides is 1. The van der Waals surface area contributed by atoms with Crippen LogP contribution in [0.25, 0.3) is 5.57 Å². The maximum absolute atomic E-state index is 13.4. The van der Waals surface area contributed by atoms with Crippen LogP contribution in [0.1, 0.15) is 22.3 Å². The van der Waals surface area contributed by atoms with Crippen molar-refractivity contribution in [2.45, 2.75) is 20.0 Å². The number of phenols is 1. The number of phenolic OH excluding ortho intramolecular Hbond substituents is 1. The molecule has 1 aliphatic heterocycles. The van der Waals surface area contributed by atoms with Crippen LogP contribution in [-0.2, 0) is 11.0 Å². The SMILES string of the molecule is Cc1cc(C)cc(N2C(=O)C(=CNc3[c]cccc3O)c3ccc(C(F)(F)F)cc32)c1. The number of fused-ring (bicyclic) bond motifs is 1. The first-order valence-electron chi connectivity index (χ1n) is 9.46. The number of hydrogen-bond acceptors (Lipinski definition) is 3. The second kappa shape index (κ2) is 7.50. The van der Waals surface area contributed by atoms with E-state index < -0.39 is 17.6 Å². The topological polar surface area (TPSA) is 52.6 Å². The molecule has 7 heteroatoms. The van der Waals surface area contributed by atoms with Gasteiger partial charge in [-0.2, -0.15) is 13.2 Å². The number of rotatable bonds is 3. The van der Waals surface area contributed by atoms with E-state index in [1.54, 1.807) is 24.3 Å². The van der Waals surface area contributed by atoms with Crippen molar-refractivity contribution >= 4 is 28.5 Å². The zero-order chi connectivity index (χ0) is 22.3. The van der Waals surface area contributed by atoms with Crippen LogP contribution in [0.2, 0.25) is 0 Å². The third-order valence-corrected chi connectivity index (χ3v) is 4.95. The van der Waals surface area contributed by atoms with E-state index in [0.717, 1.165) is 23.3 Å². The molecule has 157 valence electrons. The number of aryl methyl sites for hydroxylation is 2. The molecule has 2 N–H and O–H groups in total. The van der Waals surface area contributed by atoms with E-state index in [9.17, 15) is 23.1 Å². The highest BCUT2D eigenvalue weighted by molar-refractivity contribution is 6.35. The van der Waals surface area contributed by atoms with E-state index in [1.165, 1.54) is 23.2 Å². The zero-order valence-electron chi connectivity index (χ0n) is 16.7. The second-order valence-corrected chi connectivity index (χ2v) is 7.35. The number of benzene rings is 3. The minimum Gasteiger partial charge on any atom is -0.506 e. The van der Waals surface area contributed by atoms with E-state index in [2.05, 4.69) is 11.4 Å². The normalized spacial score (nSPS) is 14.8. The maximum atomic E-state index is 13.4. The molecule has 1 heterocycles. The van der Waals surface area contributed by atoms with E-state index in [-0.39, 0.29) is 22.7 Å². The standard InChI is InChI=1S/C24H18F3N2O2/c1-14-9-15(2)11-17(10-14)29-21-12-16(24(25,26)27)7-8-18(21)19(23(29)31)13-28-20-5-3-4-6-22(20)30/h3-4,6-13,28,30H,1-2H3. The van der Waals surface area contributed by atoms with Crippen LogP contribution >= 0.6 is 0 Å². The molecule has 3 aromatic rings. The Labute approximate surface area is 177 Å². The van der Waals surface area contributed by atoms with Crippen molar-refractivity contribution in [1.29, 1.82) is 0 Å². The van der Waals surface area contributed by atoms with Gasteiger partial charge in [0.25, 0.3) is 5.91 Å². The van der Waals surface area contributed by atoms with Crippen LogP contribution in [0, 0.1) is 19.9 Å². The third-order valence-electron chi connectivity index (χ3n) is 4.95. The van der Waals surface area contributed by atoms with Gasteiger partial charge in [0.2, 0.25) is 0 Å². The maximum Gasteiger partial charge on any atom is 0.416 e. The minimum absolute atomic E-state index is 0.0661. The Morgan fingerprint density at radius 1 is 1.06 bits per heavy atom. The largest absolute Gasteiger partial charge is 0.506 e. The molecule has 4 rings (SSSR count). The molecule has 31 heavy (non-hydrogen) atoms. The molecule has 0 bridgehead atoms. The highest BCUT2D eigenvalue weighted by Crippen LogP contribution is 2.44. The van der Waals surface area contributed by atoms with Gasteiger partial charge < -0.3 is 10.4 Å². The second-order valence-electron chi connectivity index (χ2n) is 7.35. The van der Waals surface area contributed by atoms with Crippen LogP contribution in [0.5, 0.6) is 5.75 Å². The molecule has 0 saturated carbocycles. The van der Waals surface area contributed by atoms with Gasteiger partial charge in [0.05, 0.1) is 22.5 Å². The van der Waals surface area contributed by atoms with Gasteiger partial charge in [0.1, 0.15) is 5.75 Å². The van der Waals surface area contributed by atoms with Gasteiger partial charge in [-0.15, -0.1) is 0 Å². The number of carbonyl (C=O) groups is 1. The van der Waals surface area contributed by atoms with Crippen molar-refractivity contribution in [2.75, 3.05) is 10.2 Å². The van der Waals surface area contributed by atoms with Crippen molar-refractivity contribution in [1.82, 2.24) is 0 Å². The number of carbonyl (C=O) groups excluding carboxylic acids is 1. The first-order valence-corrected chi connectivity index (χ1v) is 9.46. The lowest BCUT2D eigenvalue weighted by Gasteiger charge is -2.19. The Bertz CT molecular complexity index is 1200. The summed E-state index contributed by atoms with van der Waals surface area (Å²) >= 11 is 0. The summed E-state index contributed by atoms with van der Waals surface area (Å²) in [5.74, 6) is -0.536. The summed E-state index contributed by atoms with van der Waals surface area (Å²) in [6, 6.07) is 16.1. The summed E-state index contributed by atoms with van der Waals surface area (Å²) in [4.78, 5) is 14.6. The fourth-order valence-electron chi connectivity index (χ4n) is 3.63. The summed E-state index contributed by atoms with van der Waals surface area (Å²) in [5, 5.41) is 12.7. The molecule has 0 aliphatic carbocycles. The van der Waals surface area contributed by atoms with Crippen LogP contribution < -0.4 is 10.2 Å². The molecule has 0 saturated heterocycles. The Hall–Kier alpha value is -3.74. The summed E-state index contributed by atoms with van der Waals surface area (Å²) < 4.78 is 40.1. The Morgan fingerprint density at radius 3 is 2.42 bits per heavy atom. The molecular formula is C24H18F3N2O2. The molecule has 3 aromatic carbocycles. The minimum atomic E-state index is -4.54. The molecule has 0 aromatic heterocycles. The van der Waals surface area contributed by atoms with Crippen molar-refractivity contribution in [3.8, 4) is 5.75 Å². The van der Waals surface area contributed by atoms with Crippen LogP contribution in [0.4, 0.5) is 30.2 Å². The molecule has 0 atom stereocenters. The highest BCUT2D eigenvalue weighted by atomic mass is 19.4. The van der Waals surface area contributed by atoms with E-state index in [0.29, 0.717) is 11.3 Å². The molecule has 4 nitrogen and oxygen atoms in total. The van der Waals surface area contributed by atoms with Crippen LogP contribution in [0.3, 0.4) is 0 Å². The van der Waals surface area contributed by atoms with Crippen LogP contribution in [0.15, 0.2) is 60.8 Å². The van der Waals surface area contributed by atoms with Crippen LogP contribution in [-0.4, -0.2) is 11.0 Å². The van der Waals surface area contributed by atoms with Crippen molar-refractivity contribution in [2.24, 2.45) is 0 Å². The highest BCUT2D eigenvalue weighted by Gasteiger charge is 2.38. The van der Waals surface area contributed by atoms with E-state index in [1.807, 2.05) is 19.9 Å². The molecule has 0 unspecified atom stereocenters. The van der Waals surface area contributed by atoms with E-state index in [4.69, 9.17) is 0 Å². The van der Waals surface area contributed by atoms with Gasteiger partial charge in [0, 0.05) is 23.5 Å². The van der Waals surface area contributed by atoms with Gasteiger partial charge in [-0.1, -0.05) is 24.3 Å². The number of alkyl halides is 3. The Morgan fingerprint density at radius 2 is 1.77 bits per heavy atom. The first-order chi connectivity index (χ1) is 14.6. The Balaban J connectivity index is 1.85. The molecule has 1 radical (unpaired) electrons. The lowest BCUT2D eigenvalue weighted by molar-refractivity contribution is -0.137. The number of nitrogens with one attached hydrogen (secondary N) is 1. The predicted molar refractivity (Wildman–Crippen MR) is 113 cm³/mol. The molecular weight excluding hydrogens is 405 g/mol. The average molecular weight is 423 g/mol. The number of aromatic hydroxyl groups is 1. The molecule has 1 amide bonds. The zero-order valence-corrected chi connectivity index (χ0v) is 16.7. The molecule has 0 fully saturated rings. The quantitative estimate of drug-likeness (QED) is 0.404. The number of para-hydroxylation sites is 1. The van der Waals surface area contributed by atoms with Gasteiger partial charge in [-0.3, -0.25) is 9.69 Å². The average Bonchev–Trinajstić information content (AvgIpc) is 2.96. The first kappa shape index (κ1) is 20.5. The van der Waals surface area contributed by atoms with Gasteiger partial charge in [0.15, 0.2) is 0 Å². The van der Waals surface area contributed by atoms with Crippen molar-refractivity contribution < 1.29 is 23.1 Å². The van der Waals surface area contributed by atoms with Crippen molar-refractivity contribution in [3.05, 3.63) is 89.1 Å². The number of nitrogens with zero attached hydrogens (tertiary/aromatic N) is 1. The lowest BCUT2D eigenvalue weighted by Crippen LogP contribution is -2.21. The monoisotopic (exact) mass is 423 g/mol. The van der Waals surface area contributed by atoms with Gasteiger partial charge in [-0.25, -0.2) is 0 Å². The fraction of sp³-hybridized carbons (Fsp3) is 0.125. The van der Waals surface area contributed by atoms with Gasteiger partial charge >= 0.3 is 6.18 Å². The smallest absolute Gasteiger partial charge is 0.416 e. The Kier molecular flexibility index (Phi) is 4.97. The summed E-state index contributed by atoms with van der Waals surface area (Å²) in [7, 11) is 0. The van der Waals surface area contributed by atoms with Crippen molar-refractivity contribution in [3.63, 3.8) is 0 Å². The molecule has 1 aliphatic rings. The number of anilines is 3. The number of halogens is 3. The summed E-state index contributed by atoms with van der Waals surface area (Å²) in [6.45, 7) is 3.72. The van der Waals surface area contributed by atoms with E-state index >= 15 is 0 Å². The third kappa shape index (κ3) is 3.86. The van der Waals surface area contributed by atoms with Gasteiger partial charge in [-0.05, 0) is 55.3 Å². The fourth-order valence-corrected chi connectivity index (χ4v) is 3.63. The predicted octanol–water partition coefficient (Wildman–Crippen LogP) is 5.96. The summed E-state index contributed by atoms with van der Waals surface area (Å²) in [6.07, 6.45) is -3.16. The molecule has 0 spiro atoms. The lowest BCUT2D eigenvalue weighted by atomic mass is 10.1.